The summed E-state index contributed by atoms with van der Waals surface area (Å²) in [7, 11) is 0. The minimum atomic E-state index is 0.0273. The van der Waals surface area contributed by atoms with E-state index < -0.39 is 0 Å². The molecule has 0 amide bonds. The Bertz CT molecular complexity index is 132. The zero-order chi connectivity index (χ0) is 13.2. The SMILES string of the molecule is CCC(C)(C)OC(C)(C)CC.CCCCC. The molecule has 0 saturated heterocycles. The summed E-state index contributed by atoms with van der Waals surface area (Å²) in [5, 5.41) is 0. The molecule has 0 aliphatic rings. The van der Waals surface area contributed by atoms with Crippen LogP contribution in [0.2, 0.25) is 0 Å². The fourth-order valence-electron chi connectivity index (χ4n) is 1.25. The second kappa shape index (κ2) is 9.04. The summed E-state index contributed by atoms with van der Waals surface area (Å²) in [4.78, 5) is 0. The van der Waals surface area contributed by atoms with Gasteiger partial charge in [-0.05, 0) is 40.5 Å². The molecule has 0 aliphatic carbocycles. The zero-order valence-corrected chi connectivity index (χ0v) is 12.9. The predicted octanol–water partition coefficient (Wildman–Crippen LogP) is 5.58. The van der Waals surface area contributed by atoms with Gasteiger partial charge in [0.05, 0.1) is 11.2 Å². The molecule has 1 nitrogen and oxygen atoms in total. The lowest BCUT2D eigenvalue weighted by atomic mass is 10.0. The molecule has 0 aromatic rings. The highest BCUT2D eigenvalue weighted by Crippen LogP contribution is 2.24. The molecule has 0 saturated carbocycles. The molecule has 16 heavy (non-hydrogen) atoms. The Morgan fingerprint density at radius 2 is 1.00 bits per heavy atom. The number of unbranched alkanes of at least 4 members (excludes halogenated alkanes) is 2. The molecule has 0 radical (unpaired) electrons. The van der Waals surface area contributed by atoms with E-state index in [4.69, 9.17) is 4.74 Å². The molecule has 0 rings (SSSR count). The molecule has 0 fully saturated rings. The number of ether oxygens (including phenoxy) is 1. The van der Waals surface area contributed by atoms with Gasteiger partial charge in [0.1, 0.15) is 0 Å². The standard InChI is InChI=1S/C10H22O.C5H12/c1-7-9(3,4)11-10(5,6)8-2;1-3-5-4-2/h7-8H2,1-6H3;3-5H2,1-2H3. The quantitative estimate of drug-likeness (QED) is 0.579. The van der Waals surface area contributed by atoms with E-state index in [0.29, 0.717) is 0 Å². The van der Waals surface area contributed by atoms with Crippen molar-refractivity contribution in [2.75, 3.05) is 0 Å². The molecular weight excluding hydrogens is 196 g/mol. The Morgan fingerprint density at radius 1 is 0.688 bits per heavy atom. The van der Waals surface area contributed by atoms with Crippen LogP contribution in [0.25, 0.3) is 0 Å². The van der Waals surface area contributed by atoms with Crippen LogP contribution < -0.4 is 0 Å². The van der Waals surface area contributed by atoms with Gasteiger partial charge in [0.2, 0.25) is 0 Å². The van der Waals surface area contributed by atoms with Crippen molar-refractivity contribution >= 4 is 0 Å². The Balaban J connectivity index is 0. The first kappa shape index (κ1) is 18.3. The molecule has 0 aliphatic heterocycles. The van der Waals surface area contributed by atoms with Gasteiger partial charge in [0, 0.05) is 0 Å². The summed E-state index contributed by atoms with van der Waals surface area (Å²) in [6.07, 6.45) is 6.21. The number of rotatable bonds is 6. The van der Waals surface area contributed by atoms with E-state index in [0.717, 1.165) is 12.8 Å². The third kappa shape index (κ3) is 12.0. The molecule has 0 spiro atoms. The van der Waals surface area contributed by atoms with Crippen molar-refractivity contribution in [3.05, 3.63) is 0 Å². The van der Waals surface area contributed by atoms with E-state index in [1.165, 1.54) is 19.3 Å². The predicted molar refractivity (Wildman–Crippen MR) is 75.0 cm³/mol. The van der Waals surface area contributed by atoms with Crippen molar-refractivity contribution in [1.82, 2.24) is 0 Å². The van der Waals surface area contributed by atoms with Gasteiger partial charge < -0.3 is 4.74 Å². The molecule has 0 aromatic carbocycles. The van der Waals surface area contributed by atoms with E-state index in [2.05, 4.69) is 55.4 Å². The Kier molecular flexibility index (Phi) is 10.4. The van der Waals surface area contributed by atoms with Crippen LogP contribution in [0.4, 0.5) is 0 Å². The third-order valence-electron chi connectivity index (χ3n) is 2.96. The van der Waals surface area contributed by atoms with Gasteiger partial charge in [-0.15, -0.1) is 0 Å². The average Bonchev–Trinajstić information content (AvgIpc) is 2.19. The van der Waals surface area contributed by atoms with Crippen molar-refractivity contribution in [2.24, 2.45) is 0 Å². The maximum Gasteiger partial charge on any atom is 0.0631 e. The normalized spacial score (nSPS) is 12.0. The third-order valence-corrected chi connectivity index (χ3v) is 2.96. The van der Waals surface area contributed by atoms with Gasteiger partial charge in [0.15, 0.2) is 0 Å². The fraction of sp³-hybridized carbons (Fsp3) is 1.00. The Hall–Kier alpha value is -0.0400. The smallest absolute Gasteiger partial charge is 0.0631 e. The summed E-state index contributed by atoms with van der Waals surface area (Å²) >= 11 is 0. The van der Waals surface area contributed by atoms with Crippen LogP contribution in [0.1, 0.15) is 87.5 Å². The summed E-state index contributed by atoms with van der Waals surface area (Å²) < 4.78 is 5.92. The van der Waals surface area contributed by atoms with Crippen LogP contribution in [-0.4, -0.2) is 11.2 Å². The summed E-state index contributed by atoms with van der Waals surface area (Å²) in [5.74, 6) is 0. The van der Waals surface area contributed by atoms with Crippen LogP contribution in [-0.2, 0) is 4.74 Å². The van der Waals surface area contributed by atoms with Gasteiger partial charge in [-0.1, -0.05) is 47.0 Å². The van der Waals surface area contributed by atoms with Crippen molar-refractivity contribution in [3.8, 4) is 0 Å². The molecule has 100 valence electrons. The first-order valence-electron chi connectivity index (χ1n) is 6.94. The van der Waals surface area contributed by atoms with Crippen LogP contribution in [0.15, 0.2) is 0 Å². The largest absolute Gasteiger partial charge is 0.370 e. The van der Waals surface area contributed by atoms with E-state index in [1.807, 2.05) is 0 Å². The lowest BCUT2D eigenvalue weighted by Crippen LogP contribution is -2.35. The van der Waals surface area contributed by atoms with Crippen LogP contribution >= 0.6 is 0 Å². The molecule has 0 aromatic heterocycles. The zero-order valence-electron chi connectivity index (χ0n) is 12.9. The van der Waals surface area contributed by atoms with E-state index in [-0.39, 0.29) is 11.2 Å². The highest BCUT2D eigenvalue weighted by Gasteiger charge is 2.25. The second-order valence-corrected chi connectivity index (χ2v) is 5.68. The second-order valence-electron chi connectivity index (χ2n) is 5.68. The molecule has 1 heteroatoms. The van der Waals surface area contributed by atoms with Crippen molar-refractivity contribution in [3.63, 3.8) is 0 Å². The molecule has 0 unspecified atom stereocenters. The minimum Gasteiger partial charge on any atom is -0.370 e. The van der Waals surface area contributed by atoms with Gasteiger partial charge >= 0.3 is 0 Å². The highest BCUT2D eigenvalue weighted by molar-refractivity contribution is 4.74. The van der Waals surface area contributed by atoms with Crippen LogP contribution in [0.3, 0.4) is 0 Å². The molecule has 0 atom stereocenters. The lowest BCUT2D eigenvalue weighted by Gasteiger charge is -2.34. The summed E-state index contributed by atoms with van der Waals surface area (Å²) in [6.45, 7) is 17.3. The highest BCUT2D eigenvalue weighted by atomic mass is 16.5. The molecule has 0 N–H and O–H groups in total. The van der Waals surface area contributed by atoms with Gasteiger partial charge in [-0.2, -0.15) is 0 Å². The number of hydrogen-bond acceptors (Lipinski definition) is 1. The maximum atomic E-state index is 5.92. The van der Waals surface area contributed by atoms with Crippen LogP contribution in [0.5, 0.6) is 0 Å². The number of hydrogen-bond donors (Lipinski definition) is 0. The van der Waals surface area contributed by atoms with Gasteiger partial charge in [0.25, 0.3) is 0 Å². The van der Waals surface area contributed by atoms with E-state index in [1.54, 1.807) is 0 Å². The lowest BCUT2D eigenvalue weighted by molar-refractivity contribution is -0.124. The van der Waals surface area contributed by atoms with E-state index >= 15 is 0 Å². The average molecular weight is 230 g/mol. The molecule has 0 heterocycles. The minimum absolute atomic E-state index is 0.0273. The van der Waals surface area contributed by atoms with Crippen LogP contribution in [0, 0.1) is 0 Å². The van der Waals surface area contributed by atoms with Gasteiger partial charge in [-0.3, -0.25) is 0 Å². The molecule has 0 bridgehead atoms. The van der Waals surface area contributed by atoms with Gasteiger partial charge in [-0.25, -0.2) is 0 Å². The first-order chi connectivity index (χ1) is 7.24. The summed E-state index contributed by atoms with van der Waals surface area (Å²) in [6, 6.07) is 0. The van der Waals surface area contributed by atoms with Crippen molar-refractivity contribution in [2.45, 2.75) is 98.7 Å². The summed E-state index contributed by atoms with van der Waals surface area (Å²) in [5.41, 5.74) is 0.0546. The Labute approximate surface area is 104 Å². The van der Waals surface area contributed by atoms with E-state index in [9.17, 15) is 0 Å². The topological polar surface area (TPSA) is 9.23 Å². The van der Waals surface area contributed by atoms with Crippen molar-refractivity contribution in [1.29, 1.82) is 0 Å². The monoisotopic (exact) mass is 230 g/mol. The molecular formula is C15H34O. The van der Waals surface area contributed by atoms with Crippen molar-refractivity contribution < 1.29 is 4.74 Å². The fourth-order valence-corrected chi connectivity index (χ4v) is 1.25. The Morgan fingerprint density at radius 3 is 1.12 bits per heavy atom. The maximum absolute atomic E-state index is 5.92. The first-order valence-corrected chi connectivity index (χ1v) is 6.94.